The van der Waals surface area contributed by atoms with Gasteiger partial charge in [-0.3, -0.25) is 0 Å². The van der Waals surface area contributed by atoms with Crippen LogP contribution in [0.4, 0.5) is 4.79 Å². The van der Waals surface area contributed by atoms with E-state index in [2.05, 4.69) is 31.2 Å². The van der Waals surface area contributed by atoms with Gasteiger partial charge in [-0.1, -0.05) is 6.07 Å². The number of carbonyl (C=O) groups is 2. The molecule has 3 atom stereocenters. The SMILES string of the molecule is CC(CC[Se]c1ccccc1)CC(C)C(=O)N1C(=O)OCC1Cc1ccccc1. The first-order valence-electron chi connectivity index (χ1n) is 10.3. The molecule has 0 aromatic heterocycles. The molecule has 0 saturated carbocycles. The van der Waals surface area contributed by atoms with E-state index in [0.717, 1.165) is 18.4 Å². The summed E-state index contributed by atoms with van der Waals surface area (Å²) < 4.78 is 6.63. The molecule has 1 aliphatic heterocycles. The molecule has 29 heavy (non-hydrogen) atoms. The number of carbonyl (C=O) groups excluding carboxylic acids is 2. The van der Waals surface area contributed by atoms with Gasteiger partial charge in [0.25, 0.3) is 0 Å². The molecule has 4 nitrogen and oxygen atoms in total. The van der Waals surface area contributed by atoms with Crippen LogP contribution in [-0.4, -0.2) is 44.5 Å². The van der Waals surface area contributed by atoms with Gasteiger partial charge in [0.15, 0.2) is 0 Å². The Balaban J connectivity index is 1.50. The third-order valence-electron chi connectivity index (χ3n) is 5.31. The van der Waals surface area contributed by atoms with Crippen molar-refractivity contribution in [2.24, 2.45) is 11.8 Å². The number of ether oxygens (including phenoxy) is 1. The van der Waals surface area contributed by atoms with Gasteiger partial charge in [0.05, 0.1) is 0 Å². The van der Waals surface area contributed by atoms with Gasteiger partial charge >= 0.3 is 174 Å². The van der Waals surface area contributed by atoms with E-state index in [-0.39, 0.29) is 24.5 Å². The van der Waals surface area contributed by atoms with Gasteiger partial charge in [0, 0.05) is 0 Å². The Labute approximate surface area is 179 Å². The third kappa shape index (κ3) is 6.19. The maximum atomic E-state index is 13.0. The first-order chi connectivity index (χ1) is 14.0. The van der Waals surface area contributed by atoms with Crippen molar-refractivity contribution >= 4 is 31.4 Å². The summed E-state index contributed by atoms with van der Waals surface area (Å²) in [5.41, 5.74) is 1.11. The van der Waals surface area contributed by atoms with E-state index in [4.69, 9.17) is 4.74 Å². The van der Waals surface area contributed by atoms with Gasteiger partial charge in [0.2, 0.25) is 0 Å². The Morgan fingerprint density at radius 1 is 1.10 bits per heavy atom. The fraction of sp³-hybridized carbons (Fsp3) is 0.417. The number of hydrogen-bond donors (Lipinski definition) is 0. The van der Waals surface area contributed by atoms with E-state index < -0.39 is 6.09 Å². The van der Waals surface area contributed by atoms with Crippen LogP contribution in [-0.2, 0) is 16.0 Å². The Kier molecular flexibility index (Phi) is 7.91. The zero-order chi connectivity index (χ0) is 20.6. The van der Waals surface area contributed by atoms with Gasteiger partial charge in [-0.15, -0.1) is 0 Å². The topological polar surface area (TPSA) is 46.6 Å². The zero-order valence-electron chi connectivity index (χ0n) is 17.1. The molecule has 154 valence electrons. The van der Waals surface area contributed by atoms with Crippen LogP contribution in [0.3, 0.4) is 0 Å². The average Bonchev–Trinajstić information content (AvgIpc) is 3.09. The second kappa shape index (κ2) is 10.6. The minimum absolute atomic E-state index is 0.103. The molecule has 0 N–H and O–H groups in total. The standard InChI is InChI=1S/C24H29NO3Se/c1-18(13-14-29-22-11-7-4-8-12-22)15-19(2)23(26)25-21(17-28-24(25)27)16-20-9-5-3-6-10-20/h3-12,18-19,21H,13-17H2,1-2H3. The minimum atomic E-state index is -0.497. The average molecular weight is 458 g/mol. The molecule has 3 rings (SSSR count). The van der Waals surface area contributed by atoms with Crippen molar-refractivity contribution in [3.05, 3.63) is 66.2 Å². The normalized spacial score (nSPS) is 18.3. The first-order valence-corrected chi connectivity index (χ1v) is 12.3. The second-order valence-electron chi connectivity index (χ2n) is 7.82. The van der Waals surface area contributed by atoms with Crippen LogP contribution in [0.15, 0.2) is 60.7 Å². The molecule has 1 saturated heterocycles. The molecule has 5 heteroatoms. The molecule has 0 bridgehead atoms. The molecule has 2 aromatic rings. The van der Waals surface area contributed by atoms with Crippen molar-refractivity contribution in [1.82, 2.24) is 4.90 Å². The molecule has 1 heterocycles. The van der Waals surface area contributed by atoms with Crippen molar-refractivity contribution < 1.29 is 14.3 Å². The molecule has 0 spiro atoms. The number of benzene rings is 2. The van der Waals surface area contributed by atoms with E-state index in [1.807, 2.05) is 43.3 Å². The zero-order valence-corrected chi connectivity index (χ0v) is 18.8. The van der Waals surface area contributed by atoms with Gasteiger partial charge in [-0.05, 0) is 0 Å². The maximum absolute atomic E-state index is 13.0. The summed E-state index contributed by atoms with van der Waals surface area (Å²) in [6.07, 6.45) is 2.04. The number of rotatable bonds is 9. The van der Waals surface area contributed by atoms with Gasteiger partial charge in [-0.25, -0.2) is 0 Å². The molecule has 1 aliphatic rings. The Bertz CT molecular complexity index is 796. The number of nitrogens with zero attached hydrogens (tertiary/aromatic N) is 1. The Hall–Kier alpha value is -2.10. The van der Waals surface area contributed by atoms with Crippen molar-refractivity contribution in [2.75, 3.05) is 6.61 Å². The van der Waals surface area contributed by atoms with E-state index in [1.54, 1.807) is 0 Å². The number of hydrogen-bond acceptors (Lipinski definition) is 3. The summed E-state index contributed by atoms with van der Waals surface area (Å²) in [6, 6.07) is 20.3. The molecule has 2 aromatic carbocycles. The molecular formula is C24H29NO3Se. The third-order valence-corrected chi connectivity index (χ3v) is 7.51. The Morgan fingerprint density at radius 2 is 1.76 bits per heavy atom. The number of amides is 2. The fourth-order valence-corrected chi connectivity index (χ4v) is 6.04. The van der Waals surface area contributed by atoms with Crippen LogP contribution in [0.5, 0.6) is 0 Å². The summed E-state index contributed by atoms with van der Waals surface area (Å²) in [5.74, 6) is 0.165. The van der Waals surface area contributed by atoms with Crippen LogP contribution in [0, 0.1) is 11.8 Å². The fourth-order valence-electron chi connectivity index (χ4n) is 3.72. The quantitative estimate of drug-likeness (QED) is 0.532. The molecular weight excluding hydrogens is 429 g/mol. The van der Waals surface area contributed by atoms with Crippen molar-refractivity contribution in [2.45, 2.75) is 44.5 Å². The second-order valence-corrected chi connectivity index (χ2v) is 10.3. The predicted octanol–water partition coefficient (Wildman–Crippen LogP) is 4.08. The van der Waals surface area contributed by atoms with Crippen LogP contribution >= 0.6 is 0 Å². The van der Waals surface area contributed by atoms with Crippen molar-refractivity contribution in [1.29, 1.82) is 0 Å². The summed E-state index contributed by atoms with van der Waals surface area (Å²) in [5, 5.41) is 1.17. The molecule has 0 aliphatic carbocycles. The monoisotopic (exact) mass is 459 g/mol. The van der Waals surface area contributed by atoms with Crippen LogP contribution in [0.2, 0.25) is 5.32 Å². The van der Waals surface area contributed by atoms with E-state index in [1.165, 1.54) is 14.7 Å². The van der Waals surface area contributed by atoms with Crippen LogP contribution in [0.1, 0.15) is 32.3 Å². The van der Waals surface area contributed by atoms with E-state index in [9.17, 15) is 9.59 Å². The van der Waals surface area contributed by atoms with Gasteiger partial charge in [0.1, 0.15) is 0 Å². The summed E-state index contributed by atoms with van der Waals surface area (Å²) >= 11 is 0.475. The van der Waals surface area contributed by atoms with Crippen LogP contribution < -0.4 is 4.46 Å². The van der Waals surface area contributed by atoms with Gasteiger partial charge in [-0.2, -0.15) is 0 Å². The van der Waals surface area contributed by atoms with E-state index >= 15 is 0 Å². The first kappa shape index (κ1) is 21.6. The summed E-state index contributed by atoms with van der Waals surface area (Å²) in [4.78, 5) is 26.6. The van der Waals surface area contributed by atoms with Crippen molar-refractivity contribution in [3.63, 3.8) is 0 Å². The number of cyclic esters (lactones) is 1. The van der Waals surface area contributed by atoms with Gasteiger partial charge < -0.3 is 0 Å². The molecule has 0 radical (unpaired) electrons. The number of imide groups is 1. The summed E-state index contributed by atoms with van der Waals surface area (Å²) in [7, 11) is 0. The van der Waals surface area contributed by atoms with Crippen LogP contribution in [0.25, 0.3) is 0 Å². The van der Waals surface area contributed by atoms with E-state index in [0.29, 0.717) is 27.3 Å². The molecule has 2 amide bonds. The molecule has 3 unspecified atom stereocenters. The summed E-state index contributed by atoms with van der Waals surface area (Å²) in [6.45, 7) is 4.42. The van der Waals surface area contributed by atoms with Crippen molar-refractivity contribution in [3.8, 4) is 0 Å². The Morgan fingerprint density at radius 3 is 2.45 bits per heavy atom. The predicted molar refractivity (Wildman–Crippen MR) is 116 cm³/mol. The molecule has 1 fully saturated rings.